The van der Waals surface area contributed by atoms with Crippen LogP contribution >= 0.6 is 23.2 Å². The molecule has 0 heterocycles. The van der Waals surface area contributed by atoms with Gasteiger partial charge in [0.15, 0.2) is 0 Å². The van der Waals surface area contributed by atoms with Crippen molar-refractivity contribution in [3.8, 4) is 0 Å². The zero-order valence-electron chi connectivity index (χ0n) is 10.7. The Morgan fingerprint density at radius 3 is 2.38 bits per heavy atom. The van der Waals surface area contributed by atoms with Crippen molar-refractivity contribution >= 4 is 41.0 Å². The lowest BCUT2D eigenvalue weighted by molar-refractivity contribution is 0.255. The van der Waals surface area contributed by atoms with Crippen LogP contribution in [0.2, 0.25) is 10.0 Å². The number of urea groups is 1. The largest absolute Gasteiger partial charge is 0.323 e. The van der Waals surface area contributed by atoms with E-state index in [1.807, 2.05) is 0 Å². The molecule has 2 aromatic rings. The predicted molar refractivity (Wildman–Crippen MR) is 84.1 cm³/mol. The molecule has 2 amide bonds. The molecule has 2 rings (SSSR count). The molecule has 0 bridgehead atoms. The van der Waals surface area contributed by atoms with E-state index >= 15 is 0 Å². The first-order valence-corrected chi connectivity index (χ1v) is 6.76. The van der Waals surface area contributed by atoms with Crippen LogP contribution in [0.5, 0.6) is 0 Å². The minimum absolute atomic E-state index is 0.317. The standard InChI is InChI=1S/C15H11Cl2FN2O/c16-11-5-3-6-12(17)14(11)20-15(21)19-9-8-10-4-1-2-7-13(10)18/h1-9H,(H2,19,20,21)/b9-8+. The maximum atomic E-state index is 13.4. The van der Waals surface area contributed by atoms with Gasteiger partial charge in [-0.1, -0.05) is 47.5 Å². The second-order valence-electron chi connectivity index (χ2n) is 4.05. The maximum absolute atomic E-state index is 13.4. The van der Waals surface area contributed by atoms with Crippen LogP contribution in [0.25, 0.3) is 6.08 Å². The molecule has 2 aromatic carbocycles. The molecule has 0 saturated heterocycles. The van der Waals surface area contributed by atoms with Gasteiger partial charge in [0.05, 0.1) is 15.7 Å². The Labute approximate surface area is 131 Å². The minimum atomic E-state index is -0.530. The summed E-state index contributed by atoms with van der Waals surface area (Å²) in [5.74, 6) is -0.370. The van der Waals surface area contributed by atoms with Gasteiger partial charge in [0, 0.05) is 11.8 Å². The highest BCUT2D eigenvalue weighted by molar-refractivity contribution is 6.39. The van der Waals surface area contributed by atoms with Crippen molar-refractivity contribution in [3.63, 3.8) is 0 Å². The summed E-state index contributed by atoms with van der Waals surface area (Å²) >= 11 is 11.9. The van der Waals surface area contributed by atoms with Gasteiger partial charge < -0.3 is 10.6 Å². The van der Waals surface area contributed by atoms with Crippen molar-refractivity contribution in [1.29, 1.82) is 0 Å². The van der Waals surface area contributed by atoms with Crippen molar-refractivity contribution < 1.29 is 9.18 Å². The first-order chi connectivity index (χ1) is 10.1. The van der Waals surface area contributed by atoms with E-state index in [9.17, 15) is 9.18 Å². The van der Waals surface area contributed by atoms with Gasteiger partial charge >= 0.3 is 6.03 Å². The Morgan fingerprint density at radius 1 is 1.05 bits per heavy atom. The van der Waals surface area contributed by atoms with Crippen LogP contribution in [0.1, 0.15) is 5.56 Å². The van der Waals surface area contributed by atoms with Crippen LogP contribution in [0, 0.1) is 5.82 Å². The summed E-state index contributed by atoms with van der Waals surface area (Å²) in [7, 11) is 0. The highest BCUT2D eigenvalue weighted by Crippen LogP contribution is 2.29. The van der Waals surface area contributed by atoms with Crippen molar-refractivity contribution in [1.82, 2.24) is 5.32 Å². The minimum Gasteiger partial charge on any atom is -0.314 e. The van der Waals surface area contributed by atoms with Gasteiger partial charge in [-0.2, -0.15) is 0 Å². The smallest absolute Gasteiger partial charge is 0.314 e. The molecule has 0 atom stereocenters. The van der Waals surface area contributed by atoms with Crippen LogP contribution in [-0.4, -0.2) is 6.03 Å². The van der Waals surface area contributed by atoms with Gasteiger partial charge in [-0.05, 0) is 24.3 Å². The van der Waals surface area contributed by atoms with Gasteiger partial charge in [0.25, 0.3) is 0 Å². The highest BCUT2D eigenvalue weighted by atomic mass is 35.5. The molecule has 0 aliphatic rings. The van der Waals surface area contributed by atoms with Crippen LogP contribution in [0.15, 0.2) is 48.7 Å². The number of anilines is 1. The third-order valence-electron chi connectivity index (χ3n) is 2.58. The molecule has 0 unspecified atom stereocenters. The molecule has 0 aromatic heterocycles. The number of rotatable bonds is 3. The van der Waals surface area contributed by atoms with Crippen molar-refractivity contribution in [2.45, 2.75) is 0 Å². The lowest BCUT2D eigenvalue weighted by Crippen LogP contribution is -2.24. The quantitative estimate of drug-likeness (QED) is 0.826. The molecule has 0 aliphatic carbocycles. The Bertz CT molecular complexity index is 669. The first-order valence-electron chi connectivity index (χ1n) is 6.00. The summed E-state index contributed by atoms with van der Waals surface area (Å²) in [6.45, 7) is 0. The second-order valence-corrected chi connectivity index (χ2v) is 4.86. The van der Waals surface area contributed by atoms with E-state index in [0.717, 1.165) is 0 Å². The van der Waals surface area contributed by atoms with Gasteiger partial charge in [0.2, 0.25) is 0 Å². The molecular weight excluding hydrogens is 314 g/mol. The molecule has 108 valence electrons. The zero-order valence-corrected chi connectivity index (χ0v) is 12.3. The van der Waals surface area contributed by atoms with Crippen molar-refractivity contribution in [2.24, 2.45) is 0 Å². The predicted octanol–water partition coefficient (Wildman–Crippen LogP) is 4.92. The fraction of sp³-hybridized carbons (Fsp3) is 0. The number of benzene rings is 2. The summed E-state index contributed by atoms with van der Waals surface area (Å²) in [5, 5.41) is 5.63. The number of carbonyl (C=O) groups is 1. The van der Waals surface area contributed by atoms with Crippen molar-refractivity contribution in [3.05, 3.63) is 70.1 Å². The molecule has 0 spiro atoms. The third-order valence-corrected chi connectivity index (χ3v) is 3.21. The van der Waals surface area contributed by atoms with Gasteiger partial charge in [0.1, 0.15) is 5.82 Å². The molecular formula is C15H11Cl2FN2O. The Morgan fingerprint density at radius 2 is 1.71 bits per heavy atom. The average Bonchev–Trinajstić information content (AvgIpc) is 2.45. The van der Waals surface area contributed by atoms with Crippen LogP contribution in [0.3, 0.4) is 0 Å². The van der Waals surface area contributed by atoms with E-state index in [1.165, 1.54) is 18.3 Å². The van der Waals surface area contributed by atoms with Gasteiger partial charge in [-0.3, -0.25) is 0 Å². The number of hydrogen-bond acceptors (Lipinski definition) is 1. The van der Waals surface area contributed by atoms with Crippen LogP contribution < -0.4 is 10.6 Å². The zero-order chi connectivity index (χ0) is 15.2. The summed E-state index contributed by atoms with van der Waals surface area (Å²) in [6.07, 6.45) is 2.78. The summed E-state index contributed by atoms with van der Waals surface area (Å²) in [6, 6.07) is 10.6. The average molecular weight is 325 g/mol. The monoisotopic (exact) mass is 324 g/mol. The number of hydrogen-bond donors (Lipinski definition) is 2. The number of amides is 2. The fourth-order valence-corrected chi connectivity index (χ4v) is 2.08. The normalized spacial score (nSPS) is 10.6. The lowest BCUT2D eigenvalue weighted by atomic mass is 10.2. The number of carbonyl (C=O) groups excluding carboxylic acids is 1. The van der Waals surface area contributed by atoms with Crippen LogP contribution in [0.4, 0.5) is 14.9 Å². The summed E-state index contributed by atoms with van der Waals surface area (Å²) in [5.41, 5.74) is 0.686. The molecule has 2 N–H and O–H groups in total. The summed E-state index contributed by atoms with van der Waals surface area (Å²) in [4.78, 5) is 11.7. The molecule has 0 aliphatic heterocycles. The molecule has 6 heteroatoms. The number of nitrogens with one attached hydrogen (secondary N) is 2. The Hall–Kier alpha value is -2.04. The molecule has 0 fully saturated rings. The van der Waals surface area contributed by atoms with E-state index in [1.54, 1.807) is 36.4 Å². The van der Waals surface area contributed by atoms with E-state index < -0.39 is 6.03 Å². The SMILES string of the molecule is O=C(N/C=C/c1ccccc1F)Nc1c(Cl)cccc1Cl. The van der Waals surface area contributed by atoms with E-state index in [2.05, 4.69) is 10.6 Å². The van der Waals surface area contributed by atoms with E-state index in [-0.39, 0.29) is 5.82 Å². The lowest BCUT2D eigenvalue weighted by Gasteiger charge is -2.08. The topological polar surface area (TPSA) is 41.1 Å². The maximum Gasteiger partial charge on any atom is 0.323 e. The highest BCUT2D eigenvalue weighted by Gasteiger charge is 2.08. The Kier molecular flexibility index (Phi) is 5.20. The van der Waals surface area contributed by atoms with E-state index in [0.29, 0.717) is 21.3 Å². The molecule has 3 nitrogen and oxygen atoms in total. The molecule has 0 radical (unpaired) electrons. The number of halogens is 3. The molecule has 21 heavy (non-hydrogen) atoms. The van der Waals surface area contributed by atoms with Gasteiger partial charge in [-0.25, -0.2) is 9.18 Å². The number of para-hydroxylation sites is 1. The first kappa shape index (κ1) is 15.4. The second kappa shape index (κ2) is 7.11. The molecule has 0 saturated carbocycles. The van der Waals surface area contributed by atoms with E-state index in [4.69, 9.17) is 23.2 Å². The summed E-state index contributed by atoms with van der Waals surface area (Å²) < 4.78 is 13.4. The van der Waals surface area contributed by atoms with Gasteiger partial charge in [-0.15, -0.1) is 0 Å². The van der Waals surface area contributed by atoms with Crippen LogP contribution in [-0.2, 0) is 0 Å². The third kappa shape index (κ3) is 4.21. The Balaban J connectivity index is 1.98. The fourth-order valence-electron chi connectivity index (χ4n) is 1.58. The van der Waals surface area contributed by atoms with Crippen molar-refractivity contribution in [2.75, 3.05) is 5.32 Å².